The molecule has 0 amide bonds. The number of aliphatic carboxylic acids is 2. The zero-order valence-electron chi connectivity index (χ0n) is 27.9. The molecule has 1 aliphatic heterocycles. The minimum Gasteiger partial charge on any atom is -0.478 e. The molecule has 0 bridgehead atoms. The summed E-state index contributed by atoms with van der Waals surface area (Å²) in [5, 5.41) is 27.3. The van der Waals surface area contributed by atoms with Gasteiger partial charge in [-0.25, -0.2) is 19.2 Å². The van der Waals surface area contributed by atoms with E-state index < -0.39 is 36.1 Å². The number of carbonyl (C=O) groups excluding carboxylic acids is 2. The predicted molar refractivity (Wildman–Crippen MR) is 185 cm³/mol. The van der Waals surface area contributed by atoms with Gasteiger partial charge in [-0.2, -0.15) is 0 Å². The summed E-state index contributed by atoms with van der Waals surface area (Å²) < 4.78 is 9.52. The van der Waals surface area contributed by atoms with Crippen molar-refractivity contribution in [3.8, 4) is 0 Å². The number of esters is 2. The number of nitrogens with zero attached hydrogens (tertiary/aromatic N) is 2. The Balaban J connectivity index is 0.000000222. The minimum absolute atomic E-state index is 0.0253. The second kappa shape index (κ2) is 15.7. The van der Waals surface area contributed by atoms with Crippen LogP contribution in [0.1, 0.15) is 49.9 Å². The average Bonchev–Trinajstić information content (AvgIpc) is 3.35. The molecular formula is C38H39N3O8. The van der Waals surface area contributed by atoms with E-state index in [9.17, 15) is 29.4 Å². The van der Waals surface area contributed by atoms with Gasteiger partial charge in [0, 0.05) is 17.9 Å². The number of carboxylic acids is 2. The van der Waals surface area contributed by atoms with Crippen molar-refractivity contribution < 1.29 is 38.9 Å². The van der Waals surface area contributed by atoms with Gasteiger partial charge in [0.15, 0.2) is 0 Å². The molecule has 0 aromatic heterocycles. The second-order valence-electron chi connectivity index (χ2n) is 11.7. The average molecular weight is 666 g/mol. The van der Waals surface area contributed by atoms with E-state index in [4.69, 9.17) is 14.9 Å². The van der Waals surface area contributed by atoms with Crippen LogP contribution in [0.4, 0.5) is 11.4 Å². The fraction of sp³-hybridized carbons (Fsp3) is 0.237. The van der Waals surface area contributed by atoms with Crippen molar-refractivity contribution in [2.45, 2.75) is 52.9 Å². The van der Waals surface area contributed by atoms with Gasteiger partial charge in [0.05, 0.1) is 17.2 Å². The molecule has 1 unspecified atom stereocenters. The number of aryl methyl sites for hydroxylation is 4. The maximum atomic E-state index is 12.0. The molecule has 3 atom stereocenters. The summed E-state index contributed by atoms with van der Waals surface area (Å²) in [6, 6.07) is 27.8. The van der Waals surface area contributed by atoms with E-state index in [1.807, 2.05) is 0 Å². The number of hydrogen-bond acceptors (Lipinski definition) is 7. The topological polar surface area (TPSA) is 158 Å². The van der Waals surface area contributed by atoms with E-state index in [2.05, 4.69) is 80.8 Å². The Bertz CT molecular complexity index is 1730. The van der Waals surface area contributed by atoms with Crippen LogP contribution in [-0.2, 0) is 19.1 Å². The first-order valence-electron chi connectivity index (χ1n) is 15.6. The van der Waals surface area contributed by atoms with E-state index >= 15 is 0 Å². The van der Waals surface area contributed by atoms with Gasteiger partial charge in [-0.1, -0.05) is 72.8 Å². The molecule has 4 aromatic rings. The first-order valence-corrected chi connectivity index (χ1v) is 15.6. The van der Waals surface area contributed by atoms with Crippen molar-refractivity contribution >= 4 is 41.2 Å². The number of benzene rings is 4. The highest BCUT2D eigenvalue weighted by Crippen LogP contribution is 2.35. The number of hydrogen-bond donors (Lipinski definition) is 3. The van der Waals surface area contributed by atoms with Crippen LogP contribution < -0.4 is 9.80 Å². The van der Waals surface area contributed by atoms with Gasteiger partial charge in [0.25, 0.3) is 0 Å². The zero-order chi connectivity index (χ0) is 35.8. The summed E-state index contributed by atoms with van der Waals surface area (Å²) in [7, 11) is 0. The molecule has 3 N–H and O–H groups in total. The lowest BCUT2D eigenvalue weighted by Gasteiger charge is -2.28. The SMILES string of the molecule is Cc1cccc(C)c1N1CC(C)N(c2c(C)cccc2C)C1=N.O=C(O[C@H](C(=O)O)[C@H](OC(=O)c1ccccc1)C(=O)O)c1ccccc1. The molecule has 1 heterocycles. The fourth-order valence-electron chi connectivity index (χ4n) is 5.71. The van der Waals surface area contributed by atoms with Gasteiger partial charge in [0.2, 0.25) is 18.2 Å². The fourth-order valence-corrected chi connectivity index (χ4v) is 5.71. The third-order valence-corrected chi connectivity index (χ3v) is 8.01. The number of ether oxygens (including phenoxy) is 2. The van der Waals surface area contributed by atoms with Crippen LogP contribution in [0.3, 0.4) is 0 Å². The van der Waals surface area contributed by atoms with Crippen molar-refractivity contribution in [1.29, 1.82) is 5.41 Å². The molecular weight excluding hydrogens is 626 g/mol. The summed E-state index contributed by atoms with van der Waals surface area (Å²) in [5.41, 5.74) is 7.32. The first kappa shape index (κ1) is 35.9. The summed E-state index contributed by atoms with van der Waals surface area (Å²) in [5.74, 6) is -5.06. The van der Waals surface area contributed by atoms with Crippen LogP contribution in [-0.4, -0.2) is 64.8 Å². The van der Waals surface area contributed by atoms with Crippen molar-refractivity contribution in [2.24, 2.45) is 0 Å². The van der Waals surface area contributed by atoms with Crippen LogP contribution in [0.25, 0.3) is 0 Å². The van der Waals surface area contributed by atoms with Crippen LogP contribution in [0.5, 0.6) is 0 Å². The highest BCUT2D eigenvalue weighted by molar-refractivity contribution is 6.09. The highest BCUT2D eigenvalue weighted by Gasteiger charge is 2.41. The highest BCUT2D eigenvalue weighted by atomic mass is 16.6. The number of guanidine groups is 1. The van der Waals surface area contributed by atoms with Gasteiger partial charge < -0.3 is 29.5 Å². The van der Waals surface area contributed by atoms with Gasteiger partial charge in [-0.05, 0) is 81.1 Å². The molecule has 11 nitrogen and oxygen atoms in total. The maximum Gasteiger partial charge on any atom is 0.349 e. The molecule has 11 heteroatoms. The molecule has 1 fully saturated rings. The van der Waals surface area contributed by atoms with Crippen LogP contribution >= 0.6 is 0 Å². The quantitative estimate of drug-likeness (QED) is 0.176. The largest absolute Gasteiger partial charge is 0.478 e. The Kier molecular flexibility index (Phi) is 11.5. The third kappa shape index (κ3) is 8.31. The molecule has 4 aromatic carbocycles. The molecule has 49 heavy (non-hydrogen) atoms. The van der Waals surface area contributed by atoms with Crippen molar-refractivity contribution in [2.75, 3.05) is 16.3 Å². The normalized spacial score (nSPS) is 15.0. The second-order valence-corrected chi connectivity index (χ2v) is 11.7. The predicted octanol–water partition coefficient (Wildman–Crippen LogP) is 6.18. The Morgan fingerprint density at radius 1 is 0.633 bits per heavy atom. The van der Waals surface area contributed by atoms with Crippen LogP contribution in [0.15, 0.2) is 97.1 Å². The Morgan fingerprint density at radius 3 is 1.37 bits per heavy atom. The monoisotopic (exact) mass is 665 g/mol. The Labute approximate surface area is 284 Å². The van der Waals surface area contributed by atoms with Crippen molar-refractivity contribution in [3.63, 3.8) is 0 Å². The summed E-state index contributed by atoms with van der Waals surface area (Å²) >= 11 is 0. The third-order valence-electron chi connectivity index (χ3n) is 8.01. The van der Waals surface area contributed by atoms with Gasteiger partial charge in [0.1, 0.15) is 0 Å². The lowest BCUT2D eigenvalue weighted by atomic mass is 10.1. The lowest BCUT2D eigenvalue weighted by molar-refractivity contribution is -0.166. The molecule has 1 saturated heterocycles. The summed E-state index contributed by atoms with van der Waals surface area (Å²) in [6.07, 6.45) is -4.43. The zero-order valence-corrected chi connectivity index (χ0v) is 27.9. The molecule has 5 rings (SSSR count). The molecule has 0 spiro atoms. The maximum absolute atomic E-state index is 12.0. The van der Waals surface area contributed by atoms with Gasteiger partial charge >= 0.3 is 23.9 Å². The van der Waals surface area contributed by atoms with Gasteiger partial charge in [-0.3, -0.25) is 5.41 Å². The molecule has 0 saturated carbocycles. The van der Waals surface area contributed by atoms with E-state index in [1.165, 1.54) is 82.2 Å². The number of carbonyl (C=O) groups is 4. The van der Waals surface area contributed by atoms with E-state index in [1.54, 1.807) is 12.1 Å². The van der Waals surface area contributed by atoms with Gasteiger partial charge in [-0.15, -0.1) is 0 Å². The summed E-state index contributed by atoms with van der Waals surface area (Å²) in [4.78, 5) is 51.2. The number of rotatable bonds is 9. The van der Waals surface area contributed by atoms with Crippen molar-refractivity contribution in [3.05, 3.63) is 130 Å². The van der Waals surface area contributed by atoms with E-state index in [-0.39, 0.29) is 17.2 Å². The number of anilines is 2. The number of nitrogens with one attached hydrogen (secondary N) is 1. The van der Waals surface area contributed by atoms with E-state index in [0.29, 0.717) is 5.96 Å². The Morgan fingerprint density at radius 2 is 1.00 bits per heavy atom. The number of carboxylic acid groups (broad SMARTS) is 2. The lowest BCUT2D eigenvalue weighted by Crippen LogP contribution is -2.45. The molecule has 254 valence electrons. The van der Waals surface area contributed by atoms with E-state index in [0.717, 1.165) is 6.54 Å². The smallest absolute Gasteiger partial charge is 0.349 e. The molecule has 0 radical (unpaired) electrons. The summed E-state index contributed by atoms with van der Waals surface area (Å²) in [6.45, 7) is 11.6. The van der Waals surface area contributed by atoms with Crippen LogP contribution in [0, 0.1) is 33.1 Å². The number of para-hydroxylation sites is 2. The Hall–Kier alpha value is -5.97. The molecule has 0 aliphatic carbocycles. The first-order chi connectivity index (χ1) is 23.3. The van der Waals surface area contributed by atoms with Crippen molar-refractivity contribution in [1.82, 2.24) is 0 Å². The standard InChI is InChI=1S/C20H25N3.C18H14O8/c1-13-8-6-9-14(2)18(13)22-12-17(5)23(20(22)21)19-15(3)10-7-11-16(19)4;19-15(20)13(25-17(23)11-7-3-1-4-8-11)14(16(21)22)26-18(24)12-9-5-2-6-10-12/h6-11,17,21H,12H2,1-5H3;1-10,13-14H,(H,19,20)(H,21,22)/t;13-,14-/m.0/s1. The minimum atomic E-state index is -2.21. The van der Waals surface area contributed by atoms with Crippen LogP contribution in [0.2, 0.25) is 0 Å². The molecule has 1 aliphatic rings.